The van der Waals surface area contributed by atoms with E-state index < -0.39 is 0 Å². The first kappa shape index (κ1) is 11.0. The number of hydrogen-bond acceptors (Lipinski definition) is 3. The number of nitriles is 1. The molecule has 0 spiro atoms. The highest BCUT2D eigenvalue weighted by Crippen LogP contribution is 2.28. The van der Waals surface area contributed by atoms with Crippen LogP contribution in [0.3, 0.4) is 0 Å². The van der Waals surface area contributed by atoms with Crippen LogP contribution in [-0.2, 0) is 6.42 Å². The standard InChI is InChI=1S/C13H16N2O/c1-15(2)12(9-14)10-5-6-13-11(8-10)4-3-7-16-13/h5-6,8,12H,3-4,7H2,1-2H3. The molecule has 1 aliphatic rings. The summed E-state index contributed by atoms with van der Waals surface area (Å²) in [6, 6.07) is 8.20. The average Bonchev–Trinajstić information content (AvgIpc) is 2.29. The van der Waals surface area contributed by atoms with Crippen LogP contribution in [0, 0.1) is 11.3 Å². The molecule has 0 saturated carbocycles. The fourth-order valence-corrected chi connectivity index (χ4v) is 2.04. The first-order valence-corrected chi connectivity index (χ1v) is 5.54. The van der Waals surface area contributed by atoms with Crippen molar-refractivity contribution in [2.75, 3.05) is 20.7 Å². The zero-order chi connectivity index (χ0) is 11.5. The smallest absolute Gasteiger partial charge is 0.123 e. The summed E-state index contributed by atoms with van der Waals surface area (Å²) in [4.78, 5) is 1.92. The molecule has 1 aromatic carbocycles. The Hall–Kier alpha value is -1.53. The van der Waals surface area contributed by atoms with Gasteiger partial charge in [-0.1, -0.05) is 6.07 Å². The van der Waals surface area contributed by atoms with Crippen LogP contribution in [0.25, 0.3) is 0 Å². The Kier molecular flexibility index (Phi) is 3.12. The van der Waals surface area contributed by atoms with E-state index in [4.69, 9.17) is 10.00 Å². The van der Waals surface area contributed by atoms with Crippen LogP contribution in [0.15, 0.2) is 18.2 Å². The summed E-state index contributed by atoms with van der Waals surface area (Å²) in [6.07, 6.45) is 2.12. The van der Waals surface area contributed by atoms with Crippen molar-refractivity contribution in [3.8, 4) is 11.8 Å². The second-order valence-corrected chi connectivity index (χ2v) is 4.31. The molecular formula is C13H16N2O. The second-order valence-electron chi connectivity index (χ2n) is 4.31. The number of benzene rings is 1. The van der Waals surface area contributed by atoms with Gasteiger partial charge in [0, 0.05) is 0 Å². The zero-order valence-electron chi connectivity index (χ0n) is 9.73. The topological polar surface area (TPSA) is 36.3 Å². The van der Waals surface area contributed by atoms with Crippen LogP contribution >= 0.6 is 0 Å². The molecule has 16 heavy (non-hydrogen) atoms. The Morgan fingerprint density at radius 1 is 1.44 bits per heavy atom. The maximum Gasteiger partial charge on any atom is 0.123 e. The van der Waals surface area contributed by atoms with E-state index in [0.717, 1.165) is 30.8 Å². The molecule has 2 rings (SSSR count). The molecule has 3 heteroatoms. The number of fused-ring (bicyclic) bond motifs is 1. The van der Waals surface area contributed by atoms with Crippen molar-refractivity contribution in [3.05, 3.63) is 29.3 Å². The monoisotopic (exact) mass is 216 g/mol. The Bertz CT molecular complexity index is 420. The summed E-state index contributed by atoms with van der Waals surface area (Å²) in [5.41, 5.74) is 2.28. The number of ether oxygens (including phenoxy) is 1. The molecule has 1 aromatic rings. The third kappa shape index (κ3) is 2.02. The Labute approximate surface area is 96.2 Å². The third-order valence-corrected chi connectivity index (χ3v) is 2.89. The van der Waals surface area contributed by atoms with Crippen LogP contribution in [0.5, 0.6) is 5.75 Å². The largest absolute Gasteiger partial charge is 0.493 e. The molecule has 0 fully saturated rings. The van der Waals surface area contributed by atoms with Crippen molar-refractivity contribution in [2.45, 2.75) is 18.9 Å². The fraction of sp³-hybridized carbons (Fsp3) is 0.462. The summed E-state index contributed by atoms with van der Waals surface area (Å²) in [5.74, 6) is 0.977. The summed E-state index contributed by atoms with van der Waals surface area (Å²) in [7, 11) is 3.84. The van der Waals surface area contributed by atoms with Crippen LogP contribution in [0.2, 0.25) is 0 Å². The predicted octanol–water partition coefficient (Wildman–Crippen LogP) is 2.14. The van der Waals surface area contributed by atoms with E-state index in [1.165, 1.54) is 5.56 Å². The van der Waals surface area contributed by atoms with Gasteiger partial charge in [-0.15, -0.1) is 0 Å². The zero-order valence-corrected chi connectivity index (χ0v) is 9.73. The van der Waals surface area contributed by atoms with Crippen LogP contribution in [0.1, 0.15) is 23.6 Å². The van der Waals surface area contributed by atoms with Crippen LogP contribution < -0.4 is 4.74 Å². The van der Waals surface area contributed by atoms with Crippen molar-refractivity contribution in [1.82, 2.24) is 4.90 Å². The highest BCUT2D eigenvalue weighted by Gasteiger charge is 2.16. The molecular weight excluding hydrogens is 200 g/mol. The van der Waals surface area contributed by atoms with Crippen molar-refractivity contribution < 1.29 is 4.74 Å². The molecule has 0 radical (unpaired) electrons. The summed E-state index contributed by atoms with van der Waals surface area (Å²) >= 11 is 0. The molecule has 1 unspecified atom stereocenters. The molecule has 1 aliphatic heterocycles. The molecule has 84 valence electrons. The van der Waals surface area contributed by atoms with Gasteiger partial charge in [0.2, 0.25) is 0 Å². The van der Waals surface area contributed by atoms with Gasteiger partial charge in [0.05, 0.1) is 12.7 Å². The van der Waals surface area contributed by atoms with Gasteiger partial charge >= 0.3 is 0 Å². The third-order valence-electron chi connectivity index (χ3n) is 2.89. The van der Waals surface area contributed by atoms with Gasteiger partial charge in [-0.25, -0.2) is 0 Å². The number of hydrogen-bond donors (Lipinski definition) is 0. The SMILES string of the molecule is CN(C)C(C#N)c1ccc2c(c1)CCCO2. The summed E-state index contributed by atoms with van der Waals surface area (Å²) < 4.78 is 5.56. The Morgan fingerprint density at radius 3 is 2.94 bits per heavy atom. The lowest BCUT2D eigenvalue weighted by atomic mass is 9.99. The van der Waals surface area contributed by atoms with Crippen molar-refractivity contribution in [3.63, 3.8) is 0 Å². The molecule has 0 aromatic heterocycles. The van der Waals surface area contributed by atoms with Gasteiger partial charge in [0.1, 0.15) is 11.8 Å². The summed E-state index contributed by atoms with van der Waals surface area (Å²) in [5, 5.41) is 9.13. The molecule has 0 N–H and O–H groups in total. The maximum absolute atomic E-state index is 9.13. The maximum atomic E-state index is 9.13. The van der Waals surface area contributed by atoms with Gasteiger partial charge in [-0.05, 0) is 50.2 Å². The second kappa shape index (κ2) is 4.54. The number of rotatable bonds is 2. The molecule has 3 nitrogen and oxygen atoms in total. The van der Waals surface area contributed by atoms with Crippen molar-refractivity contribution in [1.29, 1.82) is 5.26 Å². The van der Waals surface area contributed by atoms with E-state index in [2.05, 4.69) is 12.1 Å². The quantitative estimate of drug-likeness (QED) is 0.760. The van der Waals surface area contributed by atoms with Gasteiger partial charge in [0.25, 0.3) is 0 Å². The first-order valence-electron chi connectivity index (χ1n) is 5.54. The van der Waals surface area contributed by atoms with Crippen molar-refractivity contribution in [2.24, 2.45) is 0 Å². The predicted molar refractivity (Wildman–Crippen MR) is 62.3 cm³/mol. The molecule has 1 heterocycles. The lowest BCUT2D eigenvalue weighted by Gasteiger charge is -2.21. The van der Waals surface area contributed by atoms with E-state index >= 15 is 0 Å². The van der Waals surface area contributed by atoms with E-state index in [1.54, 1.807) is 0 Å². The number of nitrogens with zero attached hydrogens (tertiary/aromatic N) is 2. The Morgan fingerprint density at radius 2 is 2.25 bits per heavy atom. The van der Waals surface area contributed by atoms with E-state index in [9.17, 15) is 0 Å². The molecule has 0 bridgehead atoms. The van der Waals surface area contributed by atoms with E-state index in [1.807, 2.05) is 31.1 Å². The van der Waals surface area contributed by atoms with Gasteiger partial charge in [-0.2, -0.15) is 5.26 Å². The molecule has 0 aliphatic carbocycles. The normalized spacial score (nSPS) is 16.1. The highest BCUT2D eigenvalue weighted by molar-refractivity contribution is 5.40. The van der Waals surface area contributed by atoms with Gasteiger partial charge in [-0.3, -0.25) is 4.90 Å². The fourth-order valence-electron chi connectivity index (χ4n) is 2.04. The lowest BCUT2D eigenvalue weighted by molar-refractivity contribution is 0.287. The highest BCUT2D eigenvalue weighted by atomic mass is 16.5. The average molecular weight is 216 g/mol. The molecule has 0 amide bonds. The lowest BCUT2D eigenvalue weighted by Crippen LogP contribution is -2.19. The van der Waals surface area contributed by atoms with Gasteiger partial charge in [0.15, 0.2) is 0 Å². The Balaban J connectivity index is 2.33. The van der Waals surface area contributed by atoms with Crippen LogP contribution in [-0.4, -0.2) is 25.6 Å². The van der Waals surface area contributed by atoms with E-state index in [-0.39, 0.29) is 6.04 Å². The molecule has 0 saturated heterocycles. The van der Waals surface area contributed by atoms with E-state index in [0.29, 0.717) is 0 Å². The summed E-state index contributed by atoms with van der Waals surface area (Å²) in [6.45, 7) is 0.807. The molecule has 1 atom stereocenters. The minimum atomic E-state index is -0.174. The van der Waals surface area contributed by atoms with Gasteiger partial charge < -0.3 is 4.74 Å². The minimum Gasteiger partial charge on any atom is -0.493 e. The van der Waals surface area contributed by atoms with Crippen molar-refractivity contribution >= 4 is 0 Å². The first-order chi connectivity index (χ1) is 7.72. The minimum absolute atomic E-state index is 0.174. The number of aryl methyl sites for hydroxylation is 1. The van der Waals surface area contributed by atoms with Crippen LogP contribution in [0.4, 0.5) is 0 Å².